The Kier molecular flexibility index (Phi) is 2.18. The summed E-state index contributed by atoms with van der Waals surface area (Å²) < 4.78 is 0. The molecule has 0 bridgehead atoms. The van der Waals surface area contributed by atoms with Crippen LogP contribution in [0, 0.1) is 5.41 Å². The van der Waals surface area contributed by atoms with Gasteiger partial charge in [0.15, 0.2) is 0 Å². The van der Waals surface area contributed by atoms with E-state index in [9.17, 15) is 0 Å². The third kappa shape index (κ3) is 1.44. The van der Waals surface area contributed by atoms with E-state index in [1.54, 1.807) is 0 Å². The molecule has 11 heavy (non-hydrogen) atoms. The monoisotopic (exact) mass is 172 g/mol. The first-order valence-electron chi connectivity index (χ1n) is 4.52. The van der Waals surface area contributed by atoms with Crippen LogP contribution < -0.4 is 10.4 Å². The van der Waals surface area contributed by atoms with Gasteiger partial charge in [0.2, 0.25) is 0 Å². The van der Waals surface area contributed by atoms with E-state index in [1.807, 2.05) is 0 Å². The van der Waals surface area contributed by atoms with E-state index < -0.39 is 0 Å². The van der Waals surface area contributed by atoms with E-state index in [2.05, 4.69) is 19.8 Å². The van der Waals surface area contributed by atoms with Crippen molar-refractivity contribution in [1.29, 1.82) is 0 Å². The lowest BCUT2D eigenvalue weighted by molar-refractivity contribution is 0.0918. The van der Waals surface area contributed by atoms with E-state index in [0.29, 0.717) is 5.41 Å². The third-order valence-electron chi connectivity index (χ3n) is 3.17. The van der Waals surface area contributed by atoms with Crippen molar-refractivity contribution >= 4 is 9.39 Å². The summed E-state index contributed by atoms with van der Waals surface area (Å²) in [6, 6.07) is 0.760. The molecule has 64 valence electrons. The minimum absolute atomic E-state index is 0.687. The lowest BCUT2D eigenvalue weighted by Gasteiger charge is -2.48. The summed E-state index contributed by atoms with van der Waals surface area (Å²) in [6.07, 6.45) is 5.60. The van der Waals surface area contributed by atoms with Gasteiger partial charge >= 0.3 is 0 Å². The smallest absolute Gasteiger partial charge is 0.0105 e. The Hall–Kier alpha value is 0.350. The average Bonchev–Trinajstić information content (AvgIpc) is 2.02. The summed E-state index contributed by atoms with van der Waals surface area (Å²) in [5.74, 6) is 0. The predicted molar refractivity (Wildman–Crippen MR) is 50.4 cm³/mol. The fourth-order valence-electron chi connectivity index (χ4n) is 2.39. The van der Waals surface area contributed by atoms with E-state index in [1.165, 1.54) is 38.8 Å². The molecular weight excluding hydrogens is 155 g/mol. The molecule has 0 amide bonds. The topological polar surface area (TPSA) is 24.1 Å². The summed E-state index contributed by atoms with van der Waals surface area (Å²) in [5, 5.41) is 6.70. The molecule has 1 aliphatic carbocycles. The zero-order valence-corrected chi connectivity index (χ0v) is 8.05. The van der Waals surface area contributed by atoms with Crippen LogP contribution in [0.1, 0.15) is 25.7 Å². The Bertz CT molecular complexity index is 145. The van der Waals surface area contributed by atoms with E-state index in [-0.39, 0.29) is 0 Å². The molecule has 3 heteroatoms. The van der Waals surface area contributed by atoms with Crippen molar-refractivity contribution in [3.63, 3.8) is 0 Å². The Morgan fingerprint density at radius 3 is 2.82 bits per heavy atom. The predicted octanol–water partition coefficient (Wildman–Crippen LogP) is 0.898. The maximum Gasteiger partial charge on any atom is 0.0105 e. The SMILES string of the molecule is PNC1CCCC2(CNC2)C1. The Morgan fingerprint density at radius 2 is 2.27 bits per heavy atom. The molecule has 2 fully saturated rings. The average molecular weight is 172 g/mol. The maximum absolute atomic E-state index is 3.38. The van der Waals surface area contributed by atoms with Crippen LogP contribution in [-0.2, 0) is 0 Å². The summed E-state index contributed by atoms with van der Waals surface area (Å²) in [6.45, 7) is 2.52. The minimum Gasteiger partial charge on any atom is -0.316 e. The second-order valence-electron chi connectivity index (χ2n) is 4.06. The van der Waals surface area contributed by atoms with Gasteiger partial charge in [-0.25, -0.2) is 0 Å². The number of hydrogen-bond donors (Lipinski definition) is 2. The maximum atomic E-state index is 3.38. The van der Waals surface area contributed by atoms with Crippen molar-refractivity contribution in [1.82, 2.24) is 10.4 Å². The molecule has 0 radical (unpaired) electrons. The first-order chi connectivity index (χ1) is 5.35. The largest absolute Gasteiger partial charge is 0.316 e. The first kappa shape index (κ1) is 7.97. The van der Waals surface area contributed by atoms with Crippen molar-refractivity contribution in [2.75, 3.05) is 13.1 Å². The number of hydrogen-bond acceptors (Lipinski definition) is 2. The second kappa shape index (κ2) is 3.01. The minimum atomic E-state index is 0.687. The fourth-order valence-corrected chi connectivity index (χ4v) is 2.68. The van der Waals surface area contributed by atoms with Gasteiger partial charge in [0.25, 0.3) is 0 Å². The molecule has 2 atom stereocenters. The van der Waals surface area contributed by atoms with Crippen molar-refractivity contribution in [2.24, 2.45) is 5.41 Å². The van der Waals surface area contributed by atoms with Crippen LogP contribution in [0.3, 0.4) is 0 Å². The lowest BCUT2D eigenvalue weighted by Crippen LogP contribution is -2.57. The van der Waals surface area contributed by atoms with Gasteiger partial charge in [-0.05, 0) is 24.7 Å². The highest BCUT2D eigenvalue weighted by atomic mass is 31.0. The molecule has 0 aromatic heterocycles. The van der Waals surface area contributed by atoms with Gasteiger partial charge < -0.3 is 5.32 Å². The third-order valence-corrected chi connectivity index (χ3v) is 3.65. The van der Waals surface area contributed by atoms with E-state index in [0.717, 1.165) is 6.04 Å². The van der Waals surface area contributed by atoms with Crippen LogP contribution in [-0.4, -0.2) is 19.1 Å². The van der Waals surface area contributed by atoms with Gasteiger partial charge in [-0.15, -0.1) is 0 Å². The summed E-state index contributed by atoms with van der Waals surface area (Å²) in [4.78, 5) is 0. The van der Waals surface area contributed by atoms with Gasteiger partial charge in [0, 0.05) is 19.1 Å². The molecule has 2 unspecified atom stereocenters. The zero-order chi connectivity index (χ0) is 7.73. The summed E-state index contributed by atoms with van der Waals surface area (Å²) >= 11 is 0. The molecule has 2 rings (SSSR count). The molecule has 1 saturated heterocycles. The van der Waals surface area contributed by atoms with Crippen LogP contribution in [0.25, 0.3) is 0 Å². The molecule has 1 aliphatic heterocycles. The van der Waals surface area contributed by atoms with Gasteiger partial charge in [-0.1, -0.05) is 15.8 Å². The summed E-state index contributed by atoms with van der Waals surface area (Å²) in [7, 11) is 2.65. The molecule has 2 N–H and O–H groups in total. The van der Waals surface area contributed by atoms with Crippen LogP contribution >= 0.6 is 9.39 Å². The van der Waals surface area contributed by atoms with Gasteiger partial charge in [-0.3, -0.25) is 5.09 Å². The molecule has 2 aliphatic rings. The Labute approximate surface area is 70.8 Å². The van der Waals surface area contributed by atoms with Crippen molar-refractivity contribution in [2.45, 2.75) is 31.7 Å². The highest BCUT2D eigenvalue weighted by Crippen LogP contribution is 2.39. The van der Waals surface area contributed by atoms with Crippen LogP contribution in [0.15, 0.2) is 0 Å². The second-order valence-corrected chi connectivity index (χ2v) is 4.40. The highest BCUT2D eigenvalue weighted by Gasteiger charge is 2.40. The van der Waals surface area contributed by atoms with Crippen molar-refractivity contribution in [3.8, 4) is 0 Å². The van der Waals surface area contributed by atoms with Crippen LogP contribution in [0.5, 0.6) is 0 Å². The van der Waals surface area contributed by atoms with Crippen molar-refractivity contribution < 1.29 is 0 Å². The Morgan fingerprint density at radius 1 is 1.45 bits per heavy atom. The Balaban J connectivity index is 1.92. The molecule has 1 saturated carbocycles. The lowest BCUT2D eigenvalue weighted by atomic mass is 9.68. The molecule has 1 spiro atoms. The zero-order valence-electron chi connectivity index (χ0n) is 6.90. The first-order valence-corrected chi connectivity index (χ1v) is 5.09. The van der Waals surface area contributed by atoms with E-state index in [4.69, 9.17) is 0 Å². The van der Waals surface area contributed by atoms with Crippen LogP contribution in [0.4, 0.5) is 0 Å². The van der Waals surface area contributed by atoms with Gasteiger partial charge in [0.1, 0.15) is 0 Å². The highest BCUT2D eigenvalue weighted by molar-refractivity contribution is 7.13. The van der Waals surface area contributed by atoms with Crippen LogP contribution in [0.2, 0.25) is 0 Å². The van der Waals surface area contributed by atoms with Gasteiger partial charge in [0.05, 0.1) is 0 Å². The molecule has 1 heterocycles. The molecule has 2 nitrogen and oxygen atoms in total. The molecular formula is C8H17N2P. The quantitative estimate of drug-likeness (QED) is 0.574. The standard InChI is InChI=1S/C8H17N2P/c11-10-7-2-1-3-8(4-7)5-9-6-8/h7,9-10H,1-6,11H2. The summed E-state index contributed by atoms with van der Waals surface area (Å²) in [5.41, 5.74) is 0.687. The number of nitrogens with one attached hydrogen (secondary N) is 2. The molecule has 0 aromatic rings. The fraction of sp³-hybridized carbons (Fsp3) is 1.00. The molecule has 0 aromatic carbocycles. The van der Waals surface area contributed by atoms with E-state index >= 15 is 0 Å². The van der Waals surface area contributed by atoms with Gasteiger partial charge in [-0.2, -0.15) is 0 Å². The van der Waals surface area contributed by atoms with Crippen molar-refractivity contribution in [3.05, 3.63) is 0 Å². The number of rotatable bonds is 1. The normalized spacial score (nSPS) is 35.2.